The molecule has 6 heteroatoms. The van der Waals surface area contributed by atoms with E-state index in [1.165, 1.54) is 4.90 Å². The largest absolute Gasteiger partial charge is 0.405 e. The Bertz CT molecular complexity index is 421. The Kier molecular flexibility index (Phi) is 6.62. The molecule has 0 fully saturated rings. The quantitative estimate of drug-likeness (QED) is 0.758. The zero-order valence-corrected chi connectivity index (χ0v) is 12.5. The monoisotopic (exact) mass is 308 g/mol. The molecule has 0 spiro atoms. The van der Waals surface area contributed by atoms with E-state index in [9.17, 15) is 13.2 Å². The van der Waals surface area contributed by atoms with Crippen LogP contribution in [0, 0.1) is 0 Å². The van der Waals surface area contributed by atoms with E-state index in [2.05, 4.69) is 5.32 Å². The van der Waals surface area contributed by atoms with Crippen molar-refractivity contribution in [1.29, 1.82) is 0 Å². The lowest BCUT2D eigenvalue weighted by Gasteiger charge is -2.28. The van der Waals surface area contributed by atoms with Crippen molar-refractivity contribution in [3.63, 3.8) is 0 Å². The van der Waals surface area contributed by atoms with E-state index < -0.39 is 12.7 Å². The lowest BCUT2D eigenvalue weighted by Crippen LogP contribution is -2.35. The number of halogens is 4. The van der Waals surface area contributed by atoms with Crippen LogP contribution in [0.25, 0.3) is 0 Å². The Morgan fingerprint density at radius 1 is 1.25 bits per heavy atom. The maximum absolute atomic E-state index is 12.6. The third-order valence-electron chi connectivity index (χ3n) is 2.88. The zero-order chi connectivity index (χ0) is 15.2. The van der Waals surface area contributed by atoms with Crippen LogP contribution in [0.4, 0.5) is 18.9 Å². The predicted molar refractivity (Wildman–Crippen MR) is 77.4 cm³/mol. The van der Waals surface area contributed by atoms with Crippen LogP contribution >= 0.6 is 11.6 Å². The van der Waals surface area contributed by atoms with Gasteiger partial charge in [0.25, 0.3) is 0 Å². The van der Waals surface area contributed by atoms with Gasteiger partial charge in [-0.1, -0.05) is 30.7 Å². The first kappa shape index (κ1) is 17.1. The minimum absolute atomic E-state index is 0.254. The lowest BCUT2D eigenvalue weighted by atomic mass is 10.1. The third kappa shape index (κ3) is 5.21. The summed E-state index contributed by atoms with van der Waals surface area (Å²) in [6.07, 6.45) is -3.28. The van der Waals surface area contributed by atoms with Crippen LogP contribution in [0.15, 0.2) is 18.2 Å². The highest BCUT2D eigenvalue weighted by Gasteiger charge is 2.31. The van der Waals surface area contributed by atoms with Crippen molar-refractivity contribution in [3.8, 4) is 0 Å². The molecule has 0 unspecified atom stereocenters. The highest BCUT2D eigenvalue weighted by molar-refractivity contribution is 6.33. The molecule has 1 rings (SSSR count). The van der Waals surface area contributed by atoms with Crippen LogP contribution in [0.3, 0.4) is 0 Å². The number of anilines is 1. The summed E-state index contributed by atoms with van der Waals surface area (Å²) in [6, 6.07) is 5.19. The molecule has 0 aliphatic carbocycles. The summed E-state index contributed by atoms with van der Waals surface area (Å²) >= 11 is 6.11. The predicted octanol–water partition coefficient (Wildman–Crippen LogP) is 4.23. The molecule has 0 amide bonds. The van der Waals surface area contributed by atoms with Gasteiger partial charge in [0, 0.05) is 13.1 Å². The molecule has 2 nitrogen and oxygen atoms in total. The molecule has 0 aliphatic heterocycles. The van der Waals surface area contributed by atoms with E-state index in [4.69, 9.17) is 11.6 Å². The molecule has 114 valence electrons. The fraction of sp³-hybridized carbons (Fsp3) is 0.571. The number of hydrogen-bond donors (Lipinski definition) is 1. The van der Waals surface area contributed by atoms with Gasteiger partial charge < -0.3 is 10.2 Å². The van der Waals surface area contributed by atoms with Crippen LogP contribution in [-0.4, -0.2) is 25.8 Å². The van der Waals surface area contributed by atoms with E-state index in [0.717, 1.165) is 18.5 Å². The van der Waals surface area contributed by atoms with Gasteiger partial charge >= 0.3 is 6.18 Å². The summed E-state index contributed by atoms with van der Waals surface area (Å²) in [5.74, 6) is 0. The minimum atomic E-state index is -4.25. The van der Waals surface area contributed by atoms with E-state index in [1.807, 2.05) is 13.0 Å². The van der Waals surface area contributed by atoms with Crippen molar-refractivity contribution in [2.24, 2.45) is 0 Å². The van der Waals surface area contributed by atoms with Crippen molar-refractivity contribution in [1.82, 2.24) is 5.32 Å². The first-order valence-corrected chi connectivity index (χ1v) is 7.06. The summed E-state index contributed by atoms with van der Waals surface area (Å²) in [6.45, 7) is 4.32. The number of rotatable bonds is 7. The summed E-state index contributed by atoms with van der Waals surface area (Å²) in [5.41, 5.74) is 1.26. The highest BCUT2D eigenvalue weighted by atomic mass is 35.5. The Morgan fingerprint density at radius 3 is 2.50 bits per heavy atom. The van der Waals surface area contributed by atoms with E-state index in [0.29, 0.717) is 17.3 Å². The van der Waals surface area contributed by atoms with Crippen LogP contribution < -0.4 is 10.2 Å². The molecule has 0 bridgehead atoms. The van der Waals surface area contributed by atoms with Gasteiger partial charge in [0.05, 0.1) is 10.7 Å². The second kappa shape index (κ2) is 7.74. The SMILES string of the molecule is CCCNCc1cccc(Cl)c1N(CC)CC(F)(F)F. The summed E-state index contributed by atoms with van der Waals surface area (Å²) < 4.78 is 37.9. The van der Waals surface area contributed by atoms with E-state index >= 15 is 0 Å². The van der Waals surface area contributed by atoms with Gasteiger partial charge in [-0.25, -0.2) is 0 Å². The van der Waals surface area contributed by atoms with Crippen molar-refractivity contribution in [2.75, 3.05) is 24.5 Å². The number of nitrogens with one attached hydrogen (secondary N) is 1. The molecular weight excluding hydrogens is 289 g/mol. The standard InChI is InChI=1S/C14H20ClF3N2/c1-3-8-19-9-11-6-5-7-12(15)13(11)20(4-2)10-14(16,17)18/h5-7,19H,3-4,8-10H2,1-2H3. The Balaban J connectivity index is 3.00. The minimum Gasteiger partial charge on any atom is -0.361 e. The lowest BCUT2D eigenvalue weighted by molar-refractivity contribution is -0.119. The molecule has 0 saturated heterocycles. The van der Waals surface area contributed by atoms with E-state index in [-0.39, 0.29) is 6.54 Å². The molecule has 0 saturated carbocycles. The molecule has 20 heavy (non-hydrogen) atoms. The van der Waals surface area contributed by atoms with Gasteiger partial charge in [-0.15, -0.1) is 0 Å². The molecule has 0 aromatic heterocycles. The first-order valence-electron chi connectivity index (χ1n) is 6.68. The molecular formula is C14H20ClF3N2. The molecule has 0 radical (unpaired) electrons. The third-order valence-corrected chi connectivity index (χ3v) is 3.19. The van der Waals surface area contributed by atoms with Gasteiger partial charge in [0.15, 0.2) is 0 Å². The number of para-hydroxylation sites is 1. The average Bonchev–Trinajstić information content (AvgIpc) is 2.36. The average molecular weight is 309 g/mol. The van der Waals surface area contributed by atoms with Gasteiger partial charge in [-0.3, -0.25) is 0 Å². The smallest absolute Gasteiger partial charge is 0.361 e. The zero-order valence-electron chi connectivity index (χ0n) is 11.7. The molecule has 1 aromatic rings. The maximum Gasteiger partial charge on any atom is 0.405 e. The first-order chi connectivity index (χ1) is 9.39. The van der Waals surface area contributed by atoms with Gasteiger partial charge in [-0.05, 0) is 31.5 Å². The number of benzene rings is 1. The molecule has 0 aliphatic rings. The van der Waals surface area contributed by atoms with Crippen LogP contribution in [-0.2, 0) is 6.54 Å². The summed E-state index contributed by atoms with van der Waals surface area (Å²) in [5, 5.41) is 3.55. The Labute approximate surface area is 122 Å². The maximum atomic E-state index is 12.6. The molecule has 1 aromatic carbocycles. The second-order valence-electron chi connectivity index (χ2n) is 4.55. The molecule has 1 N–H and O–H groups in total. The Morgan fingerprint density at radius 2 is 1.95 bits per heavy atom. The van der Waals surface area contributed by atoms with Crippen molar-refractivity contribution in [2.45, 2.75) is 33.0 Å². The summed E-state index contributed by atoms with van der Waals surface area (Å²) in [7, 11) is 0. The van der Waals surface area contributed by atoms with Crippen molar-refractivity contribution in [3.05, 3.63) is 28.8 Å². The fourth-order valence-electron chi connectivity index (χ4n) is 2.02. The number of nitrogens with zero attached hydrogens (tertiary/aromatic N) is 1. The van der Waals surface area contributed by atoms with Gasteiger partial charge in [0.1, 0.15) is 6.54 Å². The topological polar surface area (TPSA) is 15.3 Å². The summed E-state index contributed by atoms with van der Waals surface area (Å²) in [4.78, 5) is 1.27. The normalized spacial score (nSPS) is 11.7. The fourth-order valence-corrected chi connectivity index (χ4v) is 2.34. The number of hydrogen-bond acceptors (Lipinski definition) is 2. The van der Waals surface area contributed by atoms with Crippen molar-refractivity contribution < 1.29 is 13.2 Å². The molecule has 0 atom stereocenters. The van der Waals surface area contributed by atoms with Crippen LogP contribution in [0.2, 0.25) is 5.02 Å². The van der Waals surface area contributed by atoms with E-state index in [1.54, 1.807) is 19.1 Å². The second-order valence-corrected chi connectivity index (χ2v) is 4.96. The highest BCUT2D eigenvalue weighted by Crippen LogP contribution is 2.32. The molecule has 0 heterocycles. The van der Waals surface area contributed by atoms with Crippen molar-refractivity contribution >= 4 is 17.3 Å². The van der Waals surface area contributed by atoms with Gasteiger partial charge in [-0.2, -0.15) is 13.2 Å². The Hall–Kier alpha value is -0.940. The van der Waals surface area contributed by atoms with Gasteiger partial charge in [0.2, 0.25) is 0 Å². The van der Waals surface area contributed by atoms with Crippen LogP contribution in [0.5, 0.6) is 0 Å². The van der Waals surface area contributed by atoms with Crippen LogP contribution in [0.1, 0.15) is 25.8 Å². The number of alkyl halides is 3.